The summed E-state index contributed by atoms with van der Waals surface area (Å²) in [7, 11) is -9.91. The van der Waals surface area contributed by atoms with Crippen LogP contribution in [0.4, 0.5) is 0 Å². The molecule has 0 saturated heterocycles. The summed E-state index contributed by atoms with van der Waals surface area (Å²) in [5.41, 5.74) is 0. The maximum atomic E-state index is 13.1. The Balaban J connectivity index is 5.23. The van der Waals surface area contributed by atoms with Crippen LogP contribution in [0.25, 0.3) is 0 Å². The van der Waals surface area contributed by atoms with Crippen LogP contribution in [-0.4, -0.2) is 96.7 Å². The molecule has 95 heavy (non-hydrogen) atoms. The summed E-state index contributed by atoms with van der Waals surface area (Å²) in [5, 5.41) is 10.6. The zero-order valence-corrected chi connectivity index (χ0v) is 63.9. The number of ether oxygens (including phenoxy) is 4. The molecule has 0 fully saturated rings. The van der Waals surface area contributed by atoms with Crippen LogP contribution in [0.3, 0.4) is 0 Å². The second kappa shape index (κ2) is 66.6. The highest BCUT2D eigenvalue weighted by Gasteiger charge is 2.30. The highest BCUT2D eigenvalue weighted by molar-refractivity contribution is 7.47. The minimum Gasteiger partial charge on any atom is -0.462 e. The van der Waals surface area contributed by atoms with Gasteiger partial charge in [0.15, 0.2) is 12.2 Å². The van der Waals surface area contributed by atoms with Gasteiger partial charge in [0.2, 0.25) is 0 Å². The first-order chi connectivity index (χ1) is 45.8. The Kier molecular flexibility index (Phi) is 65.2. The molecule has 17 nitrogen and oxygen atoms in total. The molecule has 0 aromatic heterocycles. The lowest BCUT2D eigenvalue weighted by Crippen LogP contribution is -2.30. The Hall–Kier alpha value is -1.94. The minimum absolute atomic E-state index is 0.104. The molecule has 0 aliphatic rings. The van der Waals surface area contributed by atoms with Gasteiger partial charge in [-0.15, -0.1) is 0 Å². The van der Waals surface area contributed by atoms with E-state index in [2.05, 4.69) is 48.5 Å². The summed E-state index contributed by atoms with van der Waals surface area (Å²) in [6.07, 6.45) is 52.9. The molecule has 0 aromatic carbocycles. The molecular weight excluding hydrogens is 1250 g/mol. The number of phosphoric acid groups is 2. The van der Waals surface area contributed by atoms with Gasteiger partial charge < -0.3 is 33.8 Å². The van der Waals surface area contributed by atoms with Crippen molar-refractivity contribution in [2.45, 2.75) is 407 Å². The van der Waals surface area contributed by atoms with Gasteiger partial charge in [-0.2, -0.15) is 0 Å². The van der Waals surface area contributed by atoms with Gasteiger partial charge >= 0.3 is 39.5 Å². The number of hydrogen-bond acceptors (Lipinski definition) is 15. The van der Waals surface area contributed by atoms with Crippen molar-refractivity contribution in [1.82, 2.24) is 0 Å². The Morgan fingerprint density at radius 2 is 0.537 bits per heavy atom. The van der Waals surface area contributed by atoms with Gasteiger partial charge in [-0.1, -0.05) is 337 Å². The van der Waals surface area contributed by atoms with Crippen molar-refractivity contribution in [2.75, 3.05) is 39.6 Å². The first-order valence-corrected chi connectivity index (χ1v) is 42.4. The van der Waals surface area contributed by atoms with Gasteiger partial charge in [0, 0.05) is 25.7 Å². The van der Waals surface area contributed by atoms with Gasteiger partial charge in [0.1, 0.15) is 19.3 Å². The summed E-state index contributed by atoms with van der Waals surface area (Å²) in [4.78, 5) is 72.8. The molecule has 3 unspecified atom stereocenters. The van der Waals surface area contributed by atoms with E-state index in [-0.39, 0.29) is 25.7 Å². The van der Waals surface area contributed by atoms with Crippen LogP contribution >= 0.6 is 15.6 Å². The molecule has 0 aliphatic carbocycles. The molecule has 0 spiro atoms. The van der Waals surface area contributed by atoms with Crippen LogP contribution < -0.4 is 0 Å². The van der Waals surface area contributed by atoms with E-state index in [1.54, 1.807) is 0 Å². The summed E-state index contributed by atoms with van der Waals surface area (Å²) in [5.74, 6) is 0.109. The number of aliphatic hydroxyl groups is 1. The van der Waals surface area contributed by atoms with E-state index in [1.165, 1.54) is 193 Å². The fourth-order valence-electron chi connectivity index (χ4n) is 11.6. The van der Waals surface area contributed by atoms with E-state index >= 15 is 0 Å². The molecule has 0 heterocycles. The molecule has 6 atom stereocenters. The number of carbonyl (C=O) groups is 4. The second-order valence-corrected chi connectivity index (χ2v) is 31.5. The number of hydrogen-bond donors (Lipinski definition) is 3. The standard InChI is InChI=1S/C76H148O17P2/c1-8-10-11-12-13-14-15-16-17-18-19-20-21-22-27-30-36-45-52-59-75(80)92-71(63-86-73(78)57-50-43-35-29-26-24-23-25-28-33-40-47-54-67(3)4)65-90-94(82,83)88-61-70(77)62-89-95(84,85)91-66-72(64-87-74(79)58-51-44-39-38-41-48-55-68(5)6)93-76(81)60-53-46-37-32-31-34-42-49-56-69(7)9-2/h67-72,77H,8-66H2,1-7H3,(H,82,83)(H,84,85)/t69?,70-,71-,72-/m1/s1. The van der Waals surface area contributed by atoms with Crippen LogP contribution in [0.15, 0.2) is 0 Å². The summed E-state index contributed by atoms with van der Waals surface area (Å²) >= 11 is 0. The molecule has 564 valence electrons. The molecule has 3 N–H and O–H groups in total. The highest BCUT2D eigenvalue weighted by atomic mass is 31.2. The van der Waals surface area contributed by atoms with Crippen molar-refractivity contribution in [2.24, 2.45) is 17.8 Å². The lowest BCUT2D eigenvalue weighted by atomic mass is 9.99. The first-order valence-electron chi connectivity index (χ1n) is 39.4. The van der Waals surface area contributed by atoms with Crippen LogP contribution in [0, 0.1) is 17.8 Å². The largest absolute Gasteiger partial charge is 0.472 e. The topological polar surface area (TPSA) is 237 Å². The predicted octanol–water partition coefficient (Wildman–Crippen LogP) is 22.2. The average Bonchev–Trinajstić information content (AvgIpc) is 3.17. The summed E-state index contributed by atoms with van der Waals surface area (Å²) in [6, 6.07) is 0. The third-order valence-electron chi connectivity index (χ3n) is 18.0. The molecule has 0 rings (SSSR count). The lowest BCUT2D eigenvalue weighted by molar-refractivity contribution is -0.161. The molecule has 0 saturated carbocycles. The first kappa shape index (κ1) is 93.1. The molecule has 0 radical (unpaired) electrons. The van der Waals surface area contributed by atoms with Gasteiger partial charge in [0.25, 0.3) is 0 Å². The number of rotatable bonds is 74. The van der Waals surface area contributed by atoms with Crippen molar-refractivity contribution in [1.29, 1.82) is 0 Å². The maximum Gasteiger partial charge on any atom is 0.472 e. The summed E-state index contributed by atoms with van der Waals surface area (Å²) < 4.78 is 68.5. The average molecular weight is 1400 g/mol. The quantitative estimate of drug-likeness (QED) is 0.0222. The smallest absolute Gasteiger partial charge is 0.462 e. The van der Waals surface area contributed by atoms with Crippen molar-refractivity contribution >= 4 is 39.5 Å². The number of esters is 4. The van der Waals surface area contributed by atoms with E-state index in [0.29, 0.717) is 31.6 Å². The van der Waals surface area contributed by atoms with Crippen molar-refractivity contribution in [3.8, 4) is 0 Å². The Bertz CT molecular complexity index is 1850. The SMILES string of the molecule is CCCCCCCCCCCCCCCCCCCCCC(=O)O[C@H](COC(=O)CCCCCCCCCCCCCCC(C)C)COP(=O)(O)OC[C@@H](O)COP(=O)(O)OC[C@@H](COC(=O)CCCCCCCCC(C)C)OC(=O)CCCCCCCCCCC(C)CC. The van der Waals surface area contributed by atoms with E-state index < -0.39 is 97.5 Å². The summed E-state index contributed by atoms with van der Waals surface area (Å²) in [6.45, 7) is 11.8. The van der Waals surface area contributed by atoms with E-state index in [1.807, 2.05) is 0 Å². The lowest BCUT2D eigenvalue weighted by Gasteiger charge is -2.21. The fourth-order valence-corrected chi connectivity index (χ4v) is 13.1. The number of unbranched alkanes of at least 4 members (excludes halogenated alkanes) is 41. The van der Waals surface area contributed by atoms with Gasteiger partial charge in [0.05, 0.1) is 26.4 Å². The highest BCUT2D eigenvalue weighted by Crippen LogP contribution is 2.45. The molecule has 0 aliphatic heterocycles. The van der Waals surface area contributed by atoms with E-state index in [0.717, 1.165) is 108 Å². The Labute approximate surface area is 581 Å². The van der Waals surface area contributed by atoms with Gasteiger partial charge in [-0.3, -0.25) is 37.3 Å². The number of aliphatic hydroxyl groups excluding tert-OH is 1. The van der Waals surface area contributed by atoms with E-state index in [4.69, 9.17) is 37.0 Å². The molecular formula is C76H148O17P2. The predicted molar refractivity (Wildman–Crippen MR) is 386 cm³/mol. The minimum atomic E-state index is -4.96. The number of carbonyl (C=O) groups excluding carboxylic acids is 4. The van der Waals surface area contributed by atoms with E-state index in [9.17, 15) is 43.2 Å². The zero-order chi connectivity index (χ0) is 70.1. The van der Waals surface area contributed by atoms with Crippen LogP contribution in [-0.2, 0) is 65.4 Å². The second-order valence-electron chi connectivity index (χ2n) is 28.6. The Morgan fingerprint density at radius 1 is 0.305 bits per heavy atom. The normalized spacial score (nSPS) is 14.4. The monoisotopic (exact) mass is 1400 g/mol. The van der Waals surface area contributed by atoms with Crippen molar-refractivity contribution in [3.05, 3.63) is 0 Å². The molecule has 19 heteroatoms. The van der Waals surface area contributed by atoms with Crippen LogP contribution in [0.1, 0.15) is 389 Å². The fraction of sp³-hybridized carbons (Fsp3) is 0.947. The number of phosphoric ester groups is 2. The van der Waals surface area contributed by atoms with Crippen LogP contribution in [0.5, 0.6) is 0 Å². The maximum absolute atomic E-state index is 13.1. The van der Waals surface area contributed by atoms with Crippen molar-refractivity contribution < 1.29 is 80.2 Å². The molecule has 0 amide bonds. The van der Waals surface area contributed by atoms with Crippen molar-refractivity contribution in [3.63, 3.8) is 0 Å². The third kappa shape index (κ3) is 69.0. The third-order valence-corrected chi connectivity index (χ3v) is 19.9. The van der Waals surface area contributed by atoms with Crippen LogP contribution in [0.2, 0.25) is 0 Å². The molecule has 0 bridgehead atoms. The molecule has 0 aromatic rings. The Morgan fingerprint density at radius 3 is 0.800 bits per heavy atom. The van der Waals surface area contributed by atoms with Gasteiger partial charge in [-0.05, 0) is 43.4 Å². The van der Waals surface area contributed by atoms with Gasteiger partial charge in [-0.25, -0.2) is 9.13 Å². The zero-order valence-electron chi connectivity index (χ0n) is 62.1.